The number of β-lactam (4-membered cyclic amide) rings is 1. The lowest BCUT2D eigenvalue weighted by molar-refractivity contribution is -0.159. The van der Waals surface area contributed by atoms with Gasteiger partial charge in [-0.2, -0.15) is 0 Å². The zero-order valence-electron chi connectivity index (χ0n) is 16.7. The molecule has 3 atom stereocenters. The maximum absolute atomic E-state index is 13.1. The number of aromatic carboxylic acids is 1. The molecule has 160 valence electrons. The van der Waals surface area contributed by atoms with Gasteiger partial charge in [-0.15, -0.1) is 11.8 Å². The van der Waals surface area contributed by atoms with E-state index in [1.54, 1.807) is 56.3 Å². The van der Waals surface area contributed by atoms with Gasteiger partial charge in [0.25, 0.3) is 5.91 Å². The monoisotopic (exact) mass is 440 g/mol. The van der Waals surface area contributed by atoms with Crippen LogP contribution in [0.15, 0.2) is 48.5 Å². The highest BCUT2D eigenvalue weighted by molar-refractivity contribution is 8.01. The molecule has 9 heteroatoms. The summed E-state index contributed by atoms with van der Waals surface area (Å²) < 4.78 is -0.691. The number of thioether (sulfide) groups is 1. The third-order valence-corrected chi connectivity index (χ3v) is 7.15. The zero-order valence-corrected chi connectivity index (χ0v) is 17.6. The van der Waals surface area contributed by atoms with Crippen LogP contribution in [0, 0.1) is 0 Å². The quantitative estimate of drug-likeness (QED) is 0.610. The summed E-state index contributed by atoms with van der Waals surface area (Å²) in [5.41, 5.74) is 1.12. The molecule has 2 heterocycles. The van der Waals surface area contributed by atoms with Crippen LogP contribution in [0.2, 0.25) is 0 Å². The number of hydrogen-bond acceptors (Lipinski definition) is 5. The van der Waals surface area contributed by atoms with E-state index in [2.05, 4.69) is 5.32 Å². The highest BCUT2D eigenvalue weighted by Crippen LogP contribution is 2.50. The van der Waals surface area contributed by atoms with Gasteiger partial charge >= 0.3 is 11.9 Å². The predicted octanol–water partition coefficient (Wildman–Crippen LogP) is 2.30. The number of carbonyl (C=O) groups excluding carboxylic acids is 2. The summed E-state index contributed by atoms with van der Waals surface area (Å²) in [7, 11) is 0. The van der Waals surface area contributed by atoms with Gasteiger partial charge < -0.3 is 20.4 Å². The van der Waals surface area contributed by atoms with E-state index in [0.717, 1.165) is 0 Å². The molecule has 0 radical (unpaired) electrons. The first-order valence-electron chi connectivity index (χ1n) is 9.59. The standard InChI is InChI=1S/C22H20N2O6S/c1-22(2)16(21(29)30)24-18(26)15(19(24)31-22)23-17(25)13-9-5-3-7-11(13)12-8-4-6-10-14(12)20(27)28/h3-10,15-16,19H,1-2H3,(H,23,25)(H,27,28)(H,29,30). The molecule has 2 aliphatic rings. The van der Waals surface area contributed by atoms with Gasteiger partial charge in [-0.1, -0.05) is 36.4 Å². The first kappa shape index (κ1) is 20.9. The van der Waals surface area contributed by atoms with Crippen molar-refractivity contribution >= 4 is 35.5 Å². The van der Waals surface area contributed by atoms with Gasteiger partial charge in [-0.3, -0.25) is 9.59 Å². The Morgan fingerprint density at radius 3 is 2.10 bits per heavy atom. The first-order chi connectivity index (χ1) is 14.6. The summed E-state index contributed by atoms with van der Waals surface area (Å²) in [6.45, 7) is 3.53. The Morgan fingerprint density at radius 1 is 0.968 bits per heavy atom. The van der Waals surface area contributed by atoms with Gasteiger partial charge in [-0.25, -0.2) is 9.59 Å². The molecule has 2 aromatic carbocycles. The Balaban J connectivity index is 1.62. The zero-order chi connectivity index (χ0) is 22.5. The minimum Gasteiger partial charge on any atom is -0.480 e. The van der Waals surface area contributed by atoms with Crippen molar-refractivity contribution in [2.45, 2.75) is 36.1 Å². The van der Waals surface area contributed by atoms with Crippen molar-refractivity contribution < 1.29 is 29.4 Å². The van der Waals surface area contributed by atoms with E-state index in [9.17, 15) is 29.4 Å². The number of carboxylic acids is 2. The fourth-order valence-corrected chi connectivity index (χ4v) is 5.81. The van der Waals surface area contributed by atoms with E-state index in [-0.39, 0.29) is 11.1 Å². The smallest absolute Gasteiger partial charge is 0.336 e. The minimum atomic E-state index is -1.11. The molecular weight excluding hydrogens is 420 g/mol. The number of nitrogens with zero attached hydrogens (tertiary/aromatic N) is 1. The molecule has 2 amide bonds. The van der Waals surface area contributed by atoms with Crippen LogP contribution in [0.1, 0.15) is 34.6 Å². The summed E-state index contributed by atoms with van der Waals surface area (Å²) >= 11 is 1.34. The summed E-state index contributed by atoms with van der Waals surface area (Å²) in [6, 6.07) is 11.2. The third kappa shape index (κ3) is 3.34. The molecule has 0 aliphatic carbocycles. The van der Waals surface area contributed by atoms with Gasteiger partial charge in [0, 0.05) is 10.3 Å². The maximum atomic E-state index is 13.1. The average Bonchev–Trinajstić information content (AvgIpc) is 2.99. The van der Waals surface area contributed by atoms with E-state index < -0.39 is 46.0 Å². The average molecular weight is 440 g/mol. The molecule has 4 rings (SSSR count). The molecule has 2 saturated heterocycles. The lowest BCUT2D eigenvalue weighted by atomic mass is 9.93. The number of aliphatic carboxylic acids is 1. The van der Waals surface area contributed by atoms with E-state index in [1.807, 2.05) is 0 Å². The van der Waals surface area contributed by atoms with Gasteiger partial charge in [0.2, 0.25) is 5.91 Å². The second-order valence-corrected chi connectivity index (χ2v) is 9.72. The fourth-order valence-electron chi connectivity index (χ4n) is 4.18. The molecule has 0 aromatic heterocycles. The Kier molecular flexibility index (Phi) is 5.01. The van der Waals surface area contributed by atoms with E-state index >= 15 is 0 Å². The van der Waals surface area contributed by atoms with Crippen LogP contribution < -0.4 is 5.32 Å². The molecule has 2 aliphatic heterocycles. The molecule has 0 bridgehead atoms. The van der Waals surface area contributed by atoms with Crippen molar-refractivity contribution in [2.75, 3.05) is 0 Å². The molecule has 3 N–H and O–H groups in total. The van der Waals surface area contributed by atoms with Crippen molar-refractivity contribution in [3.8, 4) is 11.1 Å². The number of nitrogens with one attached hydrogen (secondary N) is 1. The van der Waals surface area contributed by atoms with Gasteiger partial charge in [0.15, 0.2) is 0 Å². The number of carbonyl (C=O) groups is 4. The Bertz CT molecular complexity index is 1110. The van der Waals surface area contributed by atoms with E-state index in [4.69, 9.17) is 0 Å². The van der Waals surface area contributed by atoms with Crippen molar-refractivity contribution in [3.05, 3.63) is 59.7 Å². The summed E-state index contributed by atoms with van der Waals surface area (Å²) in [5, 5.41) is 21.3. The fraction of sp³-hybridized carbons (Fsp3) is 0.273. The SMILES string of the molecule is CC1(C)SC2C(NC(=O)c3ccccc3-c3ccccc3C(=O)O)C(=O)N2C1C(=O)O. The number of amides is 2. The molecule has 0 saturated carbocycles. The summed E-state index contributed by atoms with van der Waals surface area (Å²) in [4.78, 5) is 50.3. The van der Waals surface area contributed by atoms with Crippen LogP contribution in [-0.4, -0.2) is 61.1 Å². The molecule has 2 fully saturated rings. The minimum absolute atomic E-state index is 0.0612. The number of carboxylic acid groups (broad SMARTS) is 2. The Labute approximate surface area is 182 Å². The molecule has 31 heavy (non-hydrogen) atoms. The van der Waals surface area contributed by atoms with Crippen molar-refractivity contribution in [1.82, 2.24) is 10.2 Å². The number of hydrogen-bond donors (Lipinski definition) is 3. The number of fused-ring (bicyclic) bond motifs is 1. The maximum Gasteiger partial charge on any atom is 0.336 e. The van der Waals surface area contributed by atoms with Crippen LogP contribution in [0.4, 0.5) is 0 Å². The van der Waals surface area contributed by atoms with E-state index in [0.29, 0.717) is 11.1 Å². The Hall–Kier alpha value is -3.33. The summed E-state index contributed by atoms with van der Waals surface area (Å²) in [6.07, 6.45) is 0. The van der Waals surface area contributed by atoms with Gasteiger partial charge in [-0.05, 0) is 37.1 Å². The van der Waals surface area contributed by atoms with Crippen molar-refractivity contribution in [2.24, 2.45) is 0 Å². The van der Waals surface area contributed by atoms with Crippen LogP contribution >= 0.6 is 11.8 Å². The van der Waals surface area contributed by atoms with Crippen molar-refractivity contribution in [3.63, 3.8) is 0 Å². The van der Waals surface area contributed by atoms with Crippen LogP contribution in [0.25, 0.3) is 11.1 Å². The molecular formula is C22H20N2O6S. The number of rotatable bonds is 5. The predicted molar refractivity (Wildman–Crippen MR) is 114 cm³/mol. The van der Waals surface area contributed by atoms with Crippen LogP contribution in [-0.2, 0) is 9.59 Å². The van der Waals surface area contributed by atoms with E-state index in [1.165, 1.54) is 22.7 Å². The molecule has 3 unspecified atom stereocenters. The van der Waals surface area contributed by atoms with Crippen molar-refractivity contribution in [1.29, 1.82) is 0 Å². The lowest BCUT2D eigenvalue weighted by Crippen LogP contribution is -2.70. The lowest BCUT2D eigenvalue weighted by Gasteiger charge is -2.43. The van der Waals surface area contributed by atoms with Gasteiger partial charge in [0.1, 0.15) is 17.5 Å². The third-order valence-electron chi connectivity index (χ3n) is 5.58. The number of benzene rings is 2. The van der Waals surface area contributed by atoms with Crippen LogP contribution in [0.5, 0.6) is 0 Å². The normalized spacial score (nSPS) is 23.6. The molecule has 0 spiro atoms. The molecule has 8 nitrogen and oxygen atoms in total. The first-order valence-corrected chi connectivity index (χ1v) is 10.5. The highest BCUT2D eigenvalue weighted by Gasteiger charge is 2.64. The topological polar surface area (TPSA) is 124 Å². The second kappa shape index (κ2) is 7.42. The summed E-state index contributed by atoms with van der Waals surface area (Å²) in [5.74, 6) is -3.15. The second-order valence-electron chi connectivity index (χ2n) is 7.95. The molecule has 2 aromatic rings. The van der Waals surface area contributed by atoms with Crippen LogP contribution in [0.3, 0.4) is 0 Å². The highest BCUT2D eigenvalue weighted by atomic mass is 32.2. The largest absolute Gasteiger partial charge is 0.480 e. The Morgan fingerprint density at radius 2 is 1.52 bits per heavy atom. The van der Waals surface area contributed by atoms with Gasteiger partial charge in [0.05, 0.1) is 5.56 Å².